The predicted octanol–water partition coefficient (Wildman–Crippen LogP) is 6.70. The minimum Gasteiger partial charge on any atom is -0.489 e. The molecule has 0 aliphatic rings. The molecule has 0 unspecified atom stereocenters. The number of non-ortho nitro benzene ring substituents is 1. The van der Waals surface area contributed by atoms with Gasteiger partial charge in [0.1, 0.15) is 12.4 Å². The highest BCUT2D eigenvalue weighted by atomic mass is 79.9. The molecule has 6 heteroatoms. The lowest BCUT2D eigenvalue weighted by atomic mass is 10.0. The molecule has 30 heavy (non-hydrogen) atoms. The topological polar surface area (TPSA) is 64.4 Å². The molecule has 0 radical (unpaired) electrons. The third-order valence-corrected chi connectivity index (χ3v) is 5.36. The first kappa shape index (κ1) is 19.9. The molecule has 0 aromatic heterocycles. The Morgan fingerprint density at radius 3 is 2.53 bits per heavy atom. The molecule has 1 N–H and O–H groups in total. The van der Waals surface area contributed by atoms with Crippen LogP contribution in [-0.2, 0) is 13.2 Å². The predicted molar refractivity (Wildman–Crippen MR) is 123 cm³/mol. The maximum Gasteiger partial charge on any atom is 0.271 e. The zero-order chi connectivity index (χ0) is 20.9. The van der Waals surface area contributed by atoms with Crippen LogP contribution in [0.1, 0.15) is 11.1 Å². The number of hydrogen-bond acceptors (Lipinski definition) is 4. The summed E-state index contributed by atoms with van der Waals surface area (Å²) in [5.74, 6) is 0.787. The molecule has 0 amide bonds. The lowest BCUT2D eigenvalue weighted by Crippen LogP contribution is -2.05. The summed E-state index contributed by atoms with van der Waals surface area (Å²) in [6.45, 7) is 0.938. The average Bonchev–Trinajstić information content (AvgIpc) is 2.77. The Bertz CT molecular complexity index is 1190. The lowest BCUT2D eigenvalue weighted by molar-refractivity contribution is -0.384. The molecule has 0 fully saturated rings. The molecule has 0 spiro atoms. The third kappa shape index (κ3) is 4.60. The number of nitrogens with zero attached hydrogens (tertiary/aromatic N) is 1. The summed E-state index contributed by atoms with van der Waals surface area (Å²) < 4.78 is 7.18. The fraction of sp³-hybridized carbons (Fsp3) is 0.0833. The van der Waals surface area contributed by atoms with Crippen molar-refractivity contribution in [3.05, 3.63) is 111 Å². The number of hydrogen-bond donors (Lipinski definition) is 1. The summed E-state index contributed by atoms with van der Waals surface area (Å²) in [5.41, 5.74) is 2.83. The SMILES string of the molecule is O=[N+]([O-])c1cccc(NCc2c(OCc3ccc(Br)cc3)ccc3ccccc23)c1. The molecule has 0 heterocycles. The van der Waals surface area contributed by atoms with Crippen LogP contribution in [0.5, 0.6) is 5.75 Å². The van der Waals surface area contributed by atoms with Crippen molar-refractivity contribution in [3.8, 4) is 5.75 Å². The molecule has 0 aliphatic heterocycles. The first-order valence-corrected chi connectivity index (χ1v) is 10.3. The van der Waals surface area contributed by atoms with E-state index in [0.717, 1.165) is 32.1 Å². The monoisotopic (exact) mass is 462 g/mol. The molecule has 4 aromatic carbocycles. The van der Waals surface area contributed by atoms with E-state index in [0.29, 0.717) is 18.8 Å². The minimum absolute atomic E-state index is 0.0598. The van der Waals surface area contributed by atoms with Crippen molar-refractivity contribution >= 4 is 38.1 Å². The maximum absolute atomic E-state index is 11.1. The number of halogens is 1. The summed E-state index contributed by atoms with van der Waals surface area (Å²) in [5, 5.41) is 16.6. The summed E-state index contributed by atoms with van der Waals surface area (Å²) in [4.78, 5) is 10.7. The van der Waals surface area contributed by atoms with Crippen molar-refractivity contribution in [2.45, 2.75) is 13.2 Å². The van der Waals surface area contributed by atoms with Gasteiger partial charge in [-0.2, -0.15) is 0 Å². The van der Waals surface area contributed by atoms with Crippen molar-refractivity contribution < 1.29 is 9.66 Å². The van der Waals surface area contributed by atoms with E-state index in [2.05, 4.69) is 33.4 Å². The van der Waals surface area contributed by atoms with E-state index in [-0.39, 0.29) is 5.69 Å². The number of nitrogens with one attached hydrogen (secondary N) is 1. The highest BCUT2D eigenvalue weighted by molar-refractivity contribution is 9.10. The minimum atomic E-state index is -0.393. The Kier molecular flexibility index (Phi) is 5.95. The number of fused-ring (bicyclic) bond motifs is 1. The molecule has 5 nitrogen and oxygen atoms in total. The smallest absolute Gasteiger partial charge is 0.271 e. The maximum atomic E-state index is 11.1. The van der Waals surface area contributed by atoms with Crippen molar-refractivity contribution in [2.75, 3.05) is 5.32 Å². The lowest BCUT2D eigenvalue weighted by Gasteiger charge is -2.16. The van der Waals surface area contributed by atoms with Crippen LogP contribution in [0, 0.1) is 10.1 Å². The van der Waals surface area contributed by atoms with Gasteiger partial charge in [0.05, 0.1) is 4.92 Å². The van der Waals surface area contributed by atoms with Gasteiger partial charge in [0.25, 0.3) is 5.69 Å². The molecule has 0 bridgehead atoms. The number of nitro groups is 1. The zero-order valence-electron chi connectivity index (χ0n) is 16.0. The first-order chi connectivity index (χ1) is 14.6. The summed E-state index contributed by atoms with van der Waals surface area (Å²) in [7, 11) is 0. The molecule has 0 aliphatic carbocycles. The summed E-state index contributed by atoms with van der Waals surface area (Å²) in [6.07, 6.45) is 0. The summed E-state index contributed by atoms with van der Waals surface area (Å²) >= 11 is 3.45. The molecule has 150 valence electrons. The van der Waals surface area contributed by atoms with Gasteiger partial charge in [-0.1, -0.05) is 64.5 Å². The first-order valence-electron chi connectivity index (χ1n) is 9.46. The van der Waals surface area contributed by atoms with Gasteiger partial charge in [-0.05, 0) is 40.6 Å². The van der Waals surface area contributed by atoms with Crippen LogP contribution < -0.4 is 10.1 Å². The van der Waals surface area contributed by atoms with Crippen molar-refractivity contribution in [1.82, 2.24) is 0 Å². The highest BCUT2D eigenvalue weighted by Crippen LogP contribution is 2.30. The molecule has 0 saturated carbocycles. The second-order valence-corrected chi connectivity index (χ2v) is 7.76. The highest BCUT2D eigenvalue weighted by Gasteiger charge is 2.11. The van der Waals surface area contributed by atoms with Crippen LogP contribution in [0.25, 0.3) is 10.8 Å². The van der Waals surface area contributed by atoms with Crippen molar-refractivity contribution in [2.24, 2.45) is 0 Å². The number of rotatable bonds is 7. The van der Waals surface area contributed by atoms with Crippen LogP contribution in [-0.4, -0.2) is 4.92 Å². The Hall–Kier alpha value is -3.38. The third-order valence-electron chi connectivity index (χ3n) is 4.83. The van der Waals surface area contributed by atoms with Gasteiger partial charge in [0.2, 0.25) is 0 Å². The van der Waals surface area contributed by atoms with Gasteiger partial charge in [-0.3, -0.25) is 10.1 Å². The largest absolute Gasteiger partial charge is 0.489 e. The van der Waals surface area contributed by atoms with E-state index in [4.69, 9.17) is 4.74 Å². The van der Waals surface area contributed by atoms with Crippen LogP contribution in [0.15, 0.2) is 89.4 Å². The fourth-order valence-corrected chi connectivity index (χ4v) is 3.56. The number of benzene rings is 4. The van der Waals surface area contributed by atoms with Crippen molar-refractivity contribution in [1.29, 1.82) is 0 Å². The Balaban J connectivity index is 1.61. The zero-order valence-corrected chi connectivity index (χ0v) is 17.6. The Morgan fingerprint density at radius 1 is 0.933 bits per heavy atom. The standard InChI is InChI=1S/C24H19BrN2O3/c25-19-11-8-17(9-12-19)16-30-24-13-10-18-4-1-2-7-22(18)23(24)15-26-20-5-3-6-21(14-20)27(28)29/h1-14,26H,15-16H2. The number of anilines is 1. The van der Waals surface area contributed by atoms with E-state index < -0.39 is 4.92 Å². The van der Waals surface area contributed by atoms with Gasteiger partial charge < -0.3 is 10.1 Å². The molecule has 0 saturated heterocycles. The van der Waals surface area contributed by atoms with Gasteiger partial charge >= 0.3 is 0 Å². The summed E-state index contributed by atoms with van der Waals surface area (Å²) in [6, 6.07) is 26.7. The van der Waals surface area contributed by atoms with Crippen molar-refractivity contribution in [3.63, 3.8) is 0 Å². The van der Waals surface area contributed by atoms with Gasteiger partial charge in [-0.15, -0.1) is 0 Å². The second-order valence-electron chi connectivity index (χ2n) is 6.84. The van der Waals surface area contributed by atoms with E-state index >= 15 is 0 Å². The molecular weight excluding hydrogens is 444 g/mol. The van der Waals surface area contributed by atoms with E-state index in [1.54, 1.807) is 6.07 Å². The van der Waals surface area contributed by atoms with E-state index in [1.165, 1.54) is 12.1 Å². The fourth-order valence-electron chi connectivity index (χ4n) is 3.30. The number of ether oxygens (including phenoxy) is 1. The van der Waals surface area contributed by atoms with Crippen LogP contribution >= 0.6 is 15.9 Å². The average molecular weight is 463 g/mol. The van der Waals surface area contributed by atoms with Crippen LogP contribution in [0.4, 0.5) is 11.4 Å². The van der Waals surface area contributed by atoms with Gasteiger partial charge in [-0.25, -0.2) is 0 Å². The normalized spacial score (nSPS) is 10.7. The Morgan fingerprint density at radius 2 is 1.73 bits per heavy atom. The molecule has 0 atom stereocenters. The quantitative estimate of drug-likeness (QED) is 0.245. The van der Waals surface area contributed by atoms with E-state index in [9.17, 15) is 10.1 Å². The second kappa shape index (κ2) is 8.97. The van der Waals surface area contributed by atoms with E-state index in [1.807, 2.05) is 54.6 Å². The molecule has 4 rings (SSSR count). The van der Waals surface area contributed by atoms with Crippen LogP contribution in [0.3, 0.4) is 0 Å². The number of nitro benzene ring substituents is 1. The van der Waals surface area contributed by atoms with Gasteiger partial charge in [0.15, 0.2) is 0 Å². The Labute approximate surface area is 182 Å². The van der Waals surface area contributed by atoms with Crippen LogP contribution in [0.2, 0.25) is 0 Å². The molecular formula is C24H19BrN2O3. The molecule has 4 aromatic rings. The van der Waals surface area contributed by atoms with Gasteiger partial charge in [0, 0.05) is 34.4 Å².